The van der Waals surface area contributed by atoms with E-state index < -0.39 is 17.6 Å². The second kappa shape index (κ2) is 12.6. The Bertz CT molecular complexity index is 1010. The van der Waals surface area contributed by atoms with Crippen LogP contribution in [-0.4, -0.2) is 65.8 Å². The number of esters is 1. The van der Waals surface area contributed by atoms with Crippen LogP contribution in [0.3, 0.4) is 0 Å². The van der Waals surface area contributed by atoms with Crippen LogP contribution in [0.25, 0.3) is 0 Å². The Balaban J connectivity index is 2.51. The first kappa shape index (κ1) is 28.9. The normalized spacial score (nSPS) is 12.2. The molecule has 1 N–H and O–H groups in total. The summed E-state index contributed by atoms with van der Waals surface area (Å²) in [6.07, 6.45) is 1.65. The van der Waals surface area contributed by atoms with Gasteiger partial charge in [-0.2, -0.15) is 0 Å². The van der Waals surface area contributed by atoms with Gasteiger partial charge in [-0.25, -0.2) is 14.8 Å². The van der Waals surface area contributed by atoms with Crippen LogP contribution in [0.1, 0.15) is 65.6 Å². The predicted octanol–water partition coefficient (Wildman–Crippen LogP) is 4.87. The number of aromatic nitrogens is 2. The Kier molecular flexibility index (Phi) is 10.1. The first-order valence-electron chi connectivity index (χ1n) is 12.4. The molecule has 1 aromatic carbocycles. The van der Waals surface area contributed by atoms with E-state index in [2.05, 4.69) is 10.3 Å². The molecule has 2 rings (SSSR count). The number of hydrogen-bond acceptors (Lipinski definition) is 8. The minimum absolute atomic E-state index is 0.122. The summed E-state index contributed by atoms with van der Waals surface area (Å²) < 4.78 is 11.1. The number of amides is 1. The highest BCUT2D eigenvalue weighted by atomic mass is 16.6. The number of benzene rings is 1. The summed E-state index contributed by atoms with van der Waals surface area (Å²) in [6, 6.07) is 7.25. The first-order valence-corrected chi connectivity index (χ1v) is 12.4. The maximum atomic E-state index is 13.5. The van der Waals surface area contributed by atoms with Crippen LogP contribution < -0.4 is 15.0 Å². The van der Waals surface area contributed by atoms with Gasteiger partial charge in [0.05, 0.1) is 17.6 Å². The lowest BCUT2D eigenvalue weighted by atomic mass is 9.94. The third kappa shape index (κ3) is 8.39. The Morgan fingerprint density at radius 3 is 2.17 bits per heavy atom. The molecule has 9 heteroatoms. The molecule has 0 aliphatic carbocycles. The van der Waals surface area contributed by atoms with E-state index in [0.29, 0.717) is 29.5 Å². The van der Waals surface area contributed by atoms with Crippen molar-refractivity contribution in [2.45, 2.75) is 72.4 Å². The molecule has 1 unspecified atom stereocenters. The van der Waals surface area contributed by atoms with Gasteiger partial charge in [0.25, 0.3) is 0 Å². The number of ether oxygens (including phenoxy) is 2. The van der Waals surface area contributed by atoms with Crippen molar-refractivity contribution in [3.8, 4) is 5.75 Å². The third-order valence-electron chi connectivity index (χ3n) is 5.25. The van der Waals surface area contributed by atoms with Gasteiger partial charge >= 0.3 is 12.1 Å². The zero-order valence-corrected chi connectivity index (χ0v) is 23.1. The zero-order chi connectivity index (χ0) is 27.0. The molecule has 0 radical (unpaired) electrons. The number of carbonyl (C=O) groups excluding carboxylic acids is 2. The summed E-state index contributed by atoms with van der Waals surface area (Å²) in [5.41, 5.74) is 1.53. The van der Waals surface area contributed by atoms with E-state index >= 15 is 0 Å². The molecule has 0 spiro atoms. The van der Waals surface area contributed by atoms with E-state index in [1.807, 2.05) is 65.5 Å². The van der Waals surface area contributed by atoms with E-state index in [0.717, 1.165) is 18.7 Å². The number of carbonyl (C=O) groups is 2. The largest absolute Gasteiger partial charge is 0.459 e. The van der Waals surface area contributed by atoms with Crippen LogP contribution in [0, 0.1) is 0 Å². The van der Waals surface area contributed by atoms with E-state index in [9.17, 15) is 9.59 Å². The van der Waals surface area contributed by atoms with Gasteiger partial charge in [-0.05, 0) is 72.6 Å². The Morgan fingerprint density at radius 2 is 1.67 bits per heavy atom. The van der Waals surface area contributed by atoms with Gasteiger partial charge in [0.15, 0.2) is 0 Å². The zero-order valence-electron chi connectivity index (χ0n) is 23.1. The van der Waals surface area contributed by atoms with Crippen LogP contribution in [0.4, 0.5) is 16.4 Å². The van der Waals surface area contributed by atoms with Crippen molar-refractivity contribution < 1.29 is 19.1 Å². The smallest absolute Gasteiger partial charge is 0.414 e. The van der Waals surface area contributed by atoms with Gasteiger partial charge in [-0.15, -0.1) is 0 Å². The highest BCUT2D eigenvalue weighted by Gasteiger charge is 2.31. The maximum absolute atomic E-state index is 13.5. The molecular formula is C27H41N5O4. The van der Waals surface area contributed by atoms with Crippen LogP contribution in [0.15, 0.2) is 30.5 Å². The fraction of sp³-hybridized carbons (Fsp3) is 0.556. The number of nitrogens with zero attached hydrogens (tertiary/aromatic N) is 4. The summed E-state index contributed by atoms with van der Waals surface area (Å²) in [7, 11) is 3.25. The van der Waals surface area contributed by atoms with E-state index in [-0.39, 0.29) is 12.0 Å². The van der Waals surface area contributed by atoms with E-state index in [1.54, 1.807) is 32.4 Å². The number of anilines is 2. The lowest BCUT2D eigenvalue weighted by Gasteiger charge is -2.27. The molecule has 1 atom stereocenters. The van der Waals surface area contributed by atoms with Crippen molar-refractivity contribution in [2.75, 3.05) is 37.4 Å². The van der Waals surface area contributed by atoms with Gasteiger partial charge in [-0.1, -0.05) is 12.1 Å². The standard InChI is InChI=1S/C27H41N5O4/c1-10-32(11-2)25-28-17-22(29-18(3)4)23(30-25)21(24(33)36-27(5,6)7)16-19-12-14-20(15-13-19)35-26(34)31(8)9/h12-15,17-18,21,29H,10-11,16H2,1-9H3. The minimum atomic E-state index is -0.669. The fourth-order valence-corrected chi connectivity index (χ4v) is 3.52. The first-order chi connectivity index (χ1) is 16.8. The molecule has 0 aliphatic rings. The van der Waals surface area contributed by atoms with Crippen LogP contribution in [-0.2, 0) is 16.0 Å². The maximum Gasteiger partial charge on any atom is 0.414 e. The average molecular weight is 500 g/mol. The van der Waals surface area contributed by atoms with Gasteiger partial charge in [0.2, 0.25) is 5.95 Å². The van der Waals surface area contributed by atoms with Gasteiger partial charge < -0.3 is 24.6 Å². The van der Waals surface area contributed by atoms with Gasteiger partial charge in [0, 0.05) is 33.2 Å². The van der Waals surface area contributed by atoms with E-state index in [1.165, 1.54) is 4.90 Å². The quantitative estimate of drug-likeness (QED) is 0.463. The Morgan fingerprint density at radius 1 is 1.06 bits per heavy atom. The molecule has 1 heterocycles. The highest BCUT2D eigenvalue weighted by Crippen LogP contribution is 2.31. The fourth-order valence-electron chi connectivity index (χ4n) is 3.52. The number of nitrogens with one attached hydrogen (secondary N) is 1. The van der Waals surface area contributed by atoms with Crippen molar-refractivity contribution in [3.05, 3.63) is 41.7 Å². The summed E-state index contributed by atoms with van der Waals surface area (Å²) in [5.74, 6) is -0.0253. The Hall–Kier alpha value is -3.36. The Labute approximate surface area is 215 Å². The third-order valence-corrected chi connectivity index (χ3v) is 5.25. The lowest BCUT2D eigenvalue weighted by Crippen LogP contribution is -2.31. The van der Waals surface area contributed by atoms with Crippen LogP contribution >= 0.6 is 0 Å². The number of hydrogen-bond donors (Lipinski definition) is 1. The number of rotatable bonds is 10. The van der Waals surface area contributed by atoms with Crippen molar-refractivity contribution in [2.24, 2.45) is 0 Å². The van der Waals surface area contributed by atoms with Crippen molar-refractivity contribution in [1.82, 2.24) is 14.9 Å². The monoisotopic (exact) mass is 499 g/mol. The lowest BCUT2D eigenvalue weighted by molar-refractivity contribution is -0.156. The average Bonchev–Trinajstić information content (AvgIpc) is 2.78. The molecule has 0 bridgehead atoms. The van der Waals surface area contributed by atoms with Crippen molar-refractivity contribution in [3.63, 3.8) is 0 Å². The molecule has 2 aromatic rings. The van der Waals surface area contributed by atoms with Gasteiger partial charge in [0.1, 0.15) is 17.3 Å². The molecule has 9 nitrogen and oxygen atoms in total. The van der Waals surface area contributed by atoms with Crippen molar-refractivity contribution in [1.29, 1.82) is 0 Å². The molecule has 0 aliphatic heterocycles. The summed E-state index contributed by atoms with van der Waals surface area (Å²) in [5, 5.41) is 3.39. The van der Waals surface area contributed by atoms with Crippen molar-refractivity contribution >= 4 is 23.7 Å². The summed E-state index contributed by atoms with van der Waals surface area (Å²) in [6.45, 7) is 15.2. The molecule has 1 aromatic heterocycles. The van der Waals surface area contributed by atoms with Crippen LogP contribution in [0.2, 0.25) is 0 Å². The molecule has 0 saturated heterocycles. The SMILES string of the molecule is CCN(CC)c1ncc(NC(C)C)c(C(Cc2ccc(OC(=O)N(C)C)cc2)C(=O)OC(C)(C)C)n1. The molecule has 198 valence electrons. The van der Waals surface area contributed by atoms with Crippen LogP contribution in [0.5, 0.6) is 5.75 Å². The topological polar surface area (TPSA) is 96.9 Å². The minimum Gasteiger partial charge on any atom is -0.459 e. The second-order valence-electron chi connectivity index (χ2n) is 10.1. The molecule has 1 amide bonds. The highest BCUT2D eigenvalue weighted by molar-refractivity contribution is 5.81. The predicted molar refractivity (Wildman–Crippen MR) is 143 cm³/mol. The van der Waals surface area contributed by atoms with E-state index in [4.69, 9.17) is 14.5 Å². The summed E-state index contributed by atoms with van der Waals surface area (Å²) in [4.78, 5) is 38.2. The summed E-state index contributed by atoms with van der Waals surface area (Å²) >= 11 is 0. The molecule has 36 heavy (non-hydrogen) atoms. The second-order valence-corrected chi connectivity index (χ2v) is 10.1. The molecular weight excluding hydrogens is 458 g/mol. The molecule has 0 fully saturated rings. The molecule has 0 saturated carbocycles. The van der Waals surface area contributed by atoms with Gasteiger partial charge in [-0.3, -0.25) is 4.79 Å².